The van der Waals surface area contributed by atoms with Crippen LogP contribution in [0.2, 0.25) is 0 Å². The van der Waals surface area contributed by atoms with Gasteiger partial charge in [-0.25, -0.2) is 0 Å². The third-order valence-electron chi connectivity index (χ3n) is 2.89. The van der Waals surface area contributed by atoms with Crippen LogP contribution in [0.1, 0.15) is 31.6 Å². The summed E-state index contributed by atoms with van der Waals surface area (Å²) in [6.45, 7) is 6.41. The van der Waals surface area contributed by atoms with Gasteiger partial charge in [0.15, 0.2) is 0 Å². The number of methoxy groups -OCH3 is 1. The molecule has 1 heterocycles. The van der Waals surface area contributed by atoms with Crippen LogP contribution in [0, 0.1) is 5.92 Å². The molecule has 1 rings (SSSR count). The normalized spacial score (nSPS) is 14.7. The van der Waals surface area contributed by atoms with Gasteiger partial charge in [0, 0.05) is 34.5 Å². The van der Waals surface area contributed by atoms with Crippen LogP contribution in [0.15, 0.2) is 15.9 Å². The lowest BCUT2D eigenvalue weighted by Gasteiger charge is -2.21. The van der Waals surface area contributed by atoms with Gasteiger partial charge < -0.3 is 10.1 Å². The maximum absolute atomic E-state index is 5.23. The Morgan fingerprint density at radius 3 is 2.83 bits per heavy atom. The summed E-state index contributed by atoms with van der Waals surface area (Å²) in [6.07, 6.45) is 3.47. The van der Waals surface area contributed by atoms with E-state index < -0.39 is 0 Å². The van der Waals surface area contributed by atoms with Gasteiger partial charge in [0.25, 0.3) is 0 Å². The standard InChI is InChI=1S/C14H24BrNOS/c1-4-5-16-13(6-11(2)9-17-3)8-14-7-12(15)10-18-14/h7,10-11,13,16H,4-6,8-9H2,1-3H3. The molecule has 0 spiro atoms. The van der Waals surface area contributed by atoms with Crippen molar-refractivity contribution < 1.29 is 4.74 Å². The smallest absolute Gasteiger partial charge is 0.0488 e. The predicted octanol–water partition coefficient (Wildman–Crippen LogP) is 4.09. The topological polar surface area (TPSA) is 21.3 Å². The molecule has 0 aliphatic rings. The lowest BCUT2D eigenvalue weighted by molar-refractivity contribution is 0.149. The third kappa shape index (κ3) is 6.32. The Hall–Kier alpha value is 0.1000. The van der Waals surface area contributed by atoms with Gasteiger partial charge in [-0.05, 0) is 53.7 Å². The number of ether oxygens (including phenoxy) is 1. The molecule has 0 aliphatic heterocycles. The molecule has 1 N–H and O–H groups in total. The number of rotatable bonds is 9. The number of hydrogen-bond acceptors (Lipinski definition) is 3. The van der Waals surface area contributed by atoms with E-state index in [2.05, 4.69) is 46.5 Å². The van der Waals surface area contributed by atoms with Crippen molar-refractivity contribution in [2.24, 2.45) is 5.92 Å². The van der Waals surface area contributed by atoms with Crippen molar-refractivity contribution in [3.05, 3.63) is 20.8 Å². The molecule has 104 valence electrons. The van der Waals surface area contributed by atoms with E-state index in [1.54, 1.807) is 7.11 Å². The minimum Gasteiger partial charge on any atom is -0.384 e. The summed E-state index contributed by atoms with van der Waals surface area (Å²) in [7, 11) is 1.78. The third-order valence-corrected chi connectivity index (χ3v) is 4.61. The average molecular weight is 334 g/mol. The molecule has 1 aromatic heterocycles. The molecule has 18 heavy (non-hydrogen) atoms. The fourth-order valence-electron chi connectivity index (χ4n) is 2.13. The molecule has 0 bridgehead atoms. The molecule has 0 saturated carbocycles. The molecule has 0 aliphatic carbocycles. The van der Waals surface area contributed by atoms with Gasteiger partial charge in [-0.1, -0.05) is 13.8 Å². The van der Waals surface area contributed by atoms with Crippen LogP contribution in [0.5, 0.6) is 0 Å². The molecule has 2 nitrogen and oxygen atoms in total. The van der Waals surface area contributed by atoms with Gasteiger partial charge in [0.2, 0.25) is 0 Å². The van der Waals surface area contributed by atoms with Crippen LogP contribution in [0.4, 0.5) is 0 Å². The largest absolute Gasteiger partial charge is 0.384 e. The lowest BCUT2D eigenvalue weighted by Crippen LogP contribution is -2.33. The van der Waals surface area contributed by atoms with E-state index in [9.17, 15) is 0 Å². The van der Waals surface area contributed by atoms with Gasteiger partial charge in [-0.3, -0.25) is 0 Å². The van der Waals surface area contributed by atoms with E-state index in [0.717, 1.165) is 19.6 Å². The molecule has 2 atom stereocenters. The minimum absolute atomic E-state index is 0.556. The maximum atomic E-state index is 5.23. The number of hydrogen-bond donors (Lipinski definition) is 1. The quantitative estimate of drug-likeness (QED) is 0.734. The summed E-state index contributed by atoms with van der Waals surface area (Å²) in [6, 6.07) is 2.78. The van der Waals surface area contributed by atoms with E-state index in [0.29, 0.717) is 12.0 Å². The Labute approximate surface area is 123 Å². The molecule has 0 saturated heterocycles. The van der Waals surface area contributed by atoms with Gasteiger partial charge in [0.05, 0.1) is 0 Å². The molecular formula is C14H24BrNOS. The summed E-state index contributed by atoms with van der Waals surface area (Å²) in [5.74, 6) is 0.604. The first-order valence-electron chi connectivity index (χ1n) is 6.60. The molecule has 2 unspecified atom stereocenters. The Morgan fingerprint density at radius 1 is 1.50 bits per heavy atom. The molecule has 1 aromatic rings. The fourth-order valence-corrected chi connectivity index (χ4v) is 3.66. The summed E-state index contributed by atoms with van der Waals surface area (Å²) in [5.41, 5.74) is 0. The van der Waals surface area contributed by atoms with Crippen molar-refractivity contribution in [1.82, 2.24) is 5.32 Å². The van der Waals surface area contributed by atoms with E-state index >= 15 is 0 Å². The molecule has 0 aromatic carbocycles. The monoisotopic (exact) mass is 333 g/mol. The molecule has 0 fully saturated rings. The predicted molar refractivity (Wildman–Crippen MR) is 83.5 cm³/mol. The van der Waals surface area contributed by atoms with Crippen molar-refractivity contribution >= 4 is 27.3 Å². The van der Waals surface area contributed by atoms with Crippen LogP contribution in [-0.2, 0) is 11.2 Å². The van der Waals surface area contributed by atoms with E-state index in [1.165, 1.54) is 22.2 Å². The van der Waals surface area contributed by atoms with Crippen molar-refractivity contribution in [2.75, 3.05) is 20.3 Å². The van der Waals surface area contributed by atoms with Crippen LogP contribution >= 0.6 is 27.3 Å². The van der Waals surface area contributed by atoms with Crippen LogP contribution in [0.3, 0.4) is 0 Å². The first-order chi connectivity index (χ1) is 8.65. The van der Waals surface area contributed by atoms with Gasteiger partial charge in [-0.15, -0.1) is 11.3 Å². The first-order valence-corrected chi connectivity index (χ1v) is 8.28. The maximum Gasteiger partial charge on any atom is 0.0488 e. The highest BCUT2D eigenvalue weighted by atomic mass is 79.9. The van der Waals surface area contributed by atoms with E-state index in [1.807, 2.05) is 11.3 Å². The number of thiophene rings is 1. The Morgan fingerprint density at radius 2 is 2.28 bits per heavy atom. The van der Waals surface area contributed by atoms with Crippen molar-refractivity contribution in [2.45, 2.75) is 39.2 Å². The van der Waals surface area contributed by atoms with Crippen LogP contribution in [-0.4, -0.2) is 26.3 Å². The van der Waals surface area contributed by atoms with Crippen molar-refractivity contribution in [3.63, 3.8) is 0 Å². The van der Waals surface area contributed by atoms with Gasteiger partial charge in [0.1, 0.15) is 0 Å². The second-order valence-electron chi connectivity index (χ2n) is 4.88. The zero-order chi connectivity index (χ0) is 13.4. The minimum atomic E-state index is 0.556. The van der Waals surface area contributed by atoms with Crippen molar-refractivity contribution in [1.29, 1.82) is 0 Å². The lowest BCUT2D eigenvalue weighted by atomic mass is 9.99. The number of nitrogens with one attached hydrogen (secondary N) is 1. The second kappa shape index (κ2) is 9.08. The highest BCUT2D eigenvalue weighted by Crippen LogP contribution is 2.22. The van der Waals surface area contributed by atoms with Crippen molar-refractivity contribution in [3.8, 4) is 0 Å². The molecule has 4 heteroatoms. The molecular weight excluding hydrogens is 310 g/mol. The Kier molecular flexibility index (Phi) is 8.15. The molecule has 0 amide bonds. The average Bonchev–Trinajstić information content (AvgIpc) is 2.72. The zero-order valence-corrected chi connectivity index (χ0v) is 13.9. The first kappa shape index (κ1) is 16.2. The second-order valence-corrected chi connectivity index (χ2v) is 6.79. The van der Waals surface area contributed by atoms with Crippen LogP contribution < -0.4 is 5.32 Å². The zero-order valence-electron chi connectivity index (χ0n) is 11.5. The van der Waals surface area contributed by atoms with Crippen LogP contribution in [0.25, 0.3) is 0 Å². The highest BCUT2D eigenvalue weighted by Gasteiger charge is 2.14. The fraction of sp³-hybridized carbons (Fsp3) is 0.714. The summed E-state index contributed by atoms with van der Waals surface area (Å²) >= 11 is 5.35. The Bertz CT molecular complexity index is 329. The SMILES string of the molecule is CCCNC(Cc1cc(Br)cs1)CC(C)COC. The summed E-state index contributed by atoms with van der Waals surface area (Å²) < 4.78 is 6.43. The summed E-state index contributed by atoms with van der Waals surface area (Å²) in [4.78, 5) is 1.44. The van der Waals surface area contributed by atoms with Gasteiger partial charge in [-0.2, -0.15) is 0 Å². The highest BCUT2D eigenvalue weighted by molar-refractivity contribution is 9.10. The summed E-state index contributed by atoms with van der Waals surface area (Å²) in [5, 5.41) is 5.81. The molecule has 0 radical (unpaired) electrons. The van der Waals surface area contributed by atoms with E-state index in [-0.39, 0.29) is 0 Å². The Balaban J connectivity index is 2.48. The van der Waals surface area contributed by atoms with E-state index in [4.69, 9.17) is 4.74 Å². The number of halogens is 1. The van der Waals surface area contributed by atoms with Gasteiger partial charge >= 0.3 is 0 Å².